The van der Waals surface area contributed by atoms with Gasteiger partial charge in [0.2, 0.25) is 17.7 Å². The predicted octanol–water partition coefficient (Wildman–Crippen LogP) is 2.44. The molecule has 0 aromatic heterocycles. The highest BCUT2D eigenvalue weighted by molar-refractivity contribution is 6.01. The van der Waals surface area contributed by atoms with Crippen LogP contribution < -0.4 is 35.5 Å². The highest BCUT2D eigenvalue weighted by atomic mass is 16.5. The van der Waals surface area contributed by atoms with Gasteiger partial charge >= 0.3 is 0 Å². The van der Waals surface area contributed by atoms with Gasteiger partial charge in [-0.15, -0.1) is 0 Å². The maximum Gasteiger partial charge on any atom is 0.255 e. The fourth-order valence-electron chi connectivity index (χ4n) is 4.54. The van der Waals surface area contributed by atoms with Crippen LogP contribution in [0.3, 0.4) is 0 Å². The molecule has 3 atom stereocenters. The minimum absolute atomic E-state index is 0.130. The topological polar surface area (TPSA) is 144 Å². The van der Waals surface area contributed by atoms with Crippen LogP contribution in [0, 0.1) is 11.8 Å². The zero-order valence-corrected chi connectivity index (χ0v) is 24.9. The lowest BCUT2D eigenvalue weighted by Crippen LogP contribution is -2.55. The van der Waals surface area contributed by atoms with Gasteiger partial charge in [-0.05, 0) is 54.7 Å². The quantitative estimate of drug-likeness (QED) is 0.333. The molecule has 228 valence electrons. The Morgan fingerprint density at radius 3 is 2.33 bits per heavy atom. The first-order valence-corrected chi connectivity index (χ1v) is 14.2. The van der Waals surface area contributed by atoms with Crippen LogP contribution in [0.4, 0.5) is 0 Å². The molecule has 0 radical (unpaired) electrons. The van der Waals surface area contributed by atoms with Crippen molar-refractivity contribution in [1.29, 1.82) is 0 Å². The van der Waals surface area contributed by atoms with Crippen molar-refractivity contribution in [2.24, 2.45) is 11.8 Å². The second-order valence-corrected chi connectivity index (χ2v) is 11.0. The Morgan fingerprint density at radius 2 is 1.67 bits per heavy atom. The van der Waals surface area contributed by atoms with E-state index in [9.17, 15) is 19.2 Å². The van der Waals surface area contributed by atoms with Gasteiger partial charge in [0, 0.05) is 0 Å². The molecule has 0 saturated carbocycles. The Balaban J connectivity index is 1.78. The van der Waals surface area contributed by atoms with E-state index in [-0.39, 0.29) is 55.5 Å². The van der Waals surface area contributed by atoms with E-state index in [1.54, 1.807) is 55.6 Å². The van der Waals surface area contributed by atoms with Gasteiger partial charge in [-0.25, -0.2) is 0 Å². The minimum Gasteiger partial charge on any atom is -0.497 e. The summed E-state index contributed by atoms with van der Waals surface area (Å²) in [6, 6.07) is 11.3. The van der Waals surface area contributed by atoms with Gasteiger partial charge in [-0.3, -0.25) is 19.2 Å². The van der Waals surface area contributed by atoms with Crippen LogP contribution in [0.1, 0.15) is 50.9 Å². The number of benzene rings is 2. The lowest BCUT2D eigenvalue weighted by Gasteiger charge is -2.28. The SMILES string of the molecule is COc1ccc(OCCNC(=O)[C@@H]2CC(=O)N[C@H](C(C)C)C(=O)N[C@H](CC(C)C)COc3ccccc3C(=O)N2)cc1. The van der Waals surface area contributed by atoms with Crippen molar-refractivity contribution in [3.05, 3.63) is 54.1 Å². The molecule has 11 heteroatoms. The van der Waals surface area contributed by atoms with E-state index < -0.39 is 29.8 Å². The zero-order valence-electron chi connectivity index (χ0n) is 24.9. The number of hydrogen-bond donors (Lipinski definition) is 4. The van der Waals surface area contributed by atoms with Crippen molar-refractivity contribution >= 4 is 23.6 Å². The van der Waals surface area contributed by atoms with E-state index in [2.05, 4.69) is 21.3 Å². The number of methoxy groups -OCH3 is 1. The molecular formula is C31H42N4O7. The van der Waals surface area contributed by atoms with E-state index in [1.807, 2.05) is 27.7 Å². The van der Waals surface area contributed by atoms with Crippen molar-refractivity contribution in [3.63, 3.8) is 0 Å². The van der Waals surface area contributed by atoms with Gasteiger partial charge in [0.15, 0.2) is 0 Å². The smallest absolute Gasteiger partial charge is 0.255 e. The van der Waals surface area contributed by atoms with E-state index in [4.69, 9.17) is 14.2 Å². The fourth-order valence-corrected chi connectivity index (χ4v) is 4.54. The molecule has 4 N–H and O–H groups in total. The molecule has 1 aliphatic heterocycles. The lowest BCUT2D eigenvalue weighted by molar-refractivity contribution is -0.132. The maximum atomic E-state index is 13.3. The Labute approximate surface area is 247 Å². The summed E-state index contributed by atoms with van der Waals surface area (Å²) in [5.74, 6) is -0.352. The van der Waals surface area contributed by atoms with Crippen molar-refractivity contribution in [2.45, 2.75) is 58.7 Å². The third-order valence-corrected chi connectivity index (χ3v) is 6.68. The van der Waals surface area contributed by atoms with Crippen molar-refractivity contribution in [1.82, 2.24) is 21.3 Å². The largest absolute Gasteiger partial charge is 0.497 e. The van der Waals surface area contributed by atoms with Gasteiger partial charge < -0.3 is 35.5 Å². The summed E-state index contributed by atoms with van der Waals surface area (Å²) >= 11 is 0. The van der Waals surface area contributed by atoms with Crippen LogP contribution in [0.25, 0.3) is 0 Å². The Kier molecular flexibility index (Phi) is 12.0. The van der Waals surface area contributed by atoms with Crippen LogP contribution in [-0.2, 0) is 14.4 Å². The summed E-state index contributed by atoms with van der Waals surface area (Å²) < 4.78 is 16.8. The number of carbonyl (C=O) groups is 4. The number of nitrogens with one attached hydrogen (secondary N) is 4. The molecule has 1 heterocycles. The third-order valence-electron chi connectivity index (χ3n) is 6.68. The summed E-state index contributed by atoms with van der Waals surface area (Å²) in [4.78, 5) is 52.9. The molecule has 4 amide bonds. The van der Waals surface area contributed by atoms with Gasteiger partial charge in [-0.1, -0.05) is 39.8 Å². The van der Waals surface area contributed by atoms with Gasteiger partial charge in [0.25, 0.3) is 5.91 Å². The summed E-state index contributed by atoms with van der Waals surface area (Å²) in [6.45, 7) is 8.15. The molecule has 0 spiro atoms. The number of amides is 4. The zero-order chi connectivity index (χ0) is 30.6. The number of hydrogen-bond acceptors (Lipinski definition) is 7. The van der Waals surface area contributed by atoms with E-state index in [0.717, 1.165) is 0 Å². The number of rotatable bonds is 9. The number of fused-ring (bicyclic) bond motifs is 1. The molecule has 0 aliphatic carbocycles. The average Bonchev–Trinajstić information content (AvgIpc) is 2.95. The van der Waals surface area contributed by atoms with Crippen molar-refractivity contribution < 1.29 is 33.4 Å². The highest BCUT2D eigenvalue weighted by Gasteiger charge is 2.31. The molecule has 0 bridgehead atoms. The molecule has 0 unspecified atom stereocenters. The molecule has 2 aromatic rings. The molecule has 0 fully saturated rings. The molecular weight excluding hydrogens is 540 g/mol. The normalized spacial score (nSPS) is 19.9. The maximum absolute atomic E-state index is 13.3. The average molecular weight is 583 g/mol. The van der Waals surface area contributed by atoms with E-state index in [0.29, 0.717) is 23.7 Å². The van der Waals surface area contributed by atoms with Crippen LogP contribution >= 0.6 is 0 Å². The first-order valence-electron chi connectivity index (χ1n) is 14.2. The summed E-state index contributed by atoms with van der Waals surface area (Å²) in [6.07, 6.45) is 0.273. The monoisotopic (exact) mass is 582 g/mol. The molecule has 11 nitrogen and oxygen atoms in total. The lowest BCUT2D eigenvalue weighted by atomic mass is 10.00. The molecule has 2 aromatic carbocycles. The van der Waals surface area contributed by atoms with Gasteiger partial charge in [0.1, 0.15) is 42.5 Å². The summed E-state index contributed by atoms with van der Waals surface area (Å²) in [5, 5.41) is 11.2. The molecule has 42 heavy (non-hydrogen) atoms. The third kappa shape index (κ3) is 9.67. The van der Waals surface area contributed by atoms with Gasteiger partial charge in [-0.2, -0.15) is 0 Å². The van der Waals surface area contributed by atoms with Crippen LogP contribution in [0.2, 0.25) is 0 Å². The first-order chi connectivity index (χ1) is 20.1. The van der Waals surface area contributed by atoms with Gasteiger partial charge in [0.05, 0.1) is 31.7 Å². The molecule has 0 saturated heterocycles. The van der Waals surface area contributed by atoms with Crippen molar-refractivity contribution in [3.8, 4) is 17.2 Å². The van der Waals surface area contributed by atoms with Crippen LogP contribution in [-0.4, -0.2) is 68.6 Å². The molecule has 1 aliphatic rings. The van der Waals surface area contributed by atoms with Crippen LogP contribution in [0.15, 0.2) is 48.5 Å². The summed E-state index contributed by atoms with van der Waals surface area (Å²) in [7, 11) is 1.57. The highest BCUT2D eigenvalue weighted by Crippen LogP contribution is 2.20. The second kappa shape index (κ2) is 15.6. The van der Waals surface area contributed by atoms with Crippen molar-refractivity contribution in [2.75, 3.05) is 26.9 Å². The Morgan fingerprint density at radius 1 is 0.976 bits per heavy atom. The number of ether oxygens (including phenoxy) is 3. The van der Waals surface area contributed by atoms with E-state index in [1.165, 1.54) is 0 Å². The Bertz CT molecular complexity index is 1220. The Hall–Kier alpha value is -4.28. The predicted molar refractivity (Wildman–Crippen MR) is 157 cm³/mol. The minimum atomic E-state index is -1.21. The first kappa shape index (κ1) is 32.2. The second-order valence-electron chi connectivity index (χ2n) is 11.0. The fraction of sp³-hybridized carbons (Fsp3) is 0.484. The number of carbonyl (C=O) groups excluding carboxylic acids is 4. The molecule has 3 rings (SSSR count). The standard InChI is InChI=1S/C31H42N4O7/c1-19(2)16-21-18-42-26-9-7-6-8-24(26)29(37)34-25(17-27(36)35-28(20(3)4)31(39)33-21)30(38)32-14-15-41-23-12-10-22(40-5)11-13-23/h6-13,19-21,25,28H,14-18H2,1-5H3,(H,32,38)(H,33,39)(H,34,37)(H,35,36)/t21-,25+,28-/m1/s1. The van der Waals surface area contributed by atoms with E-state index >= 15 is 0 Å². The number of para-hydroxylation sites is 1. The van der Waals surface area contributed by atoms with Crippen LogP contribution in [0.5, 0.6) is 17.2 Å². The summed E-state index contributed by atoms with van der Waals surface area (Å²) in [5.41, 5.74) is 0.213.